The molecule has 0 fully saturated rings. The van der Waals surface area contributed by atoms with Crippen LogP contribution in [-0.4, -0.2) is 9.97 Å². The van der Waals surface area contributed by atoms with Gasteiger partial charge in [0.1, 0.15) is 22.5 Å². The highest BCUT2D eigenvalue weighted by molar-refractivity contribution is 6.13. The number of benzene rings is 5. The standard InChI is InChI=1S/C44H30N2O2/c1-3-27(2)29-14-9-15-30(24-29)31-22-23-39-35(25-31)42-32(17-10-20-40(42)48-39)37-26-36(28-12-5-4-6-13-28)45-44(46-37)34-18-11-21-41-43(34)33-16-7-8-19-38(33)47-41/h3-10,12-20,22-26H,1-2,11,21H2. The summed E-state index contributed by atoms with van der Waals surface area (Å²) in [4.78, 5) is 10.5. The molecule has 0 saturated carbocycles. The Hall–Kier alpha value is -6.26. The summed E-state index contributed by atoms with van der Waals surface area (Å²) in [6.45, 7) is 8.04. The predicted octanol–water partition coefficient (Wildman–Crippen LogP) is 11.7. The Morgan fingerprint density at radius 3 is 2.29 bits per heavy atom. The van der Waals surface area contributed by atoms with Crippen LogP contribution in [0.2, 0.25) is 0 Å². The van der Waals surface area contributed by atoms with Gasteiger partial charge in [0.05, 0.1) is 11.4 Å². The molecule has 0 unspecified atom stereocenters. The maximum absolute atomic E-state index is 6.44. The number of hydrogen-bond donors (Lipinski definition) is 0. The molecule has 48 heavy (non-hydrogen) atoms. The van der Waals surface area contributed by atoms with Crippen molar-refractivity contribution < 1.29 is 8.83 Å². The van der Waals surface area contributed by atoms with Gasteiger partial charge in [0, 0.05) is 44.8 Å². The molecular weight excluding hydrogens is 588 g/mol. The average molecular weight is 619 g/mol. The first kappa shape index (κ1) is 28.0. The molecule has 0 spiro atoms. The molecule has 1 aliphatic carbocycles. The van der Waals surface area contributed by atoms with Crippen LogP contribution in [-0.2, 0) is 6.42 Å². The van der Waals surface area contributed by atoms with Crippen molar-refractivity contribution in [2.24, 2.45) is 0 Å². The number of hydrogen-bond acceptors (Lipinski definition) is 4. The van der Waals surface area contributed by atoms with Gasteiger partial charge in [-0.3, -0.25) is 0 Å². The lowest BCUT2D eigenvalue weighted by Gasteiger charge is -2.15. The van der Waals surface area contributed by atoms with Gasteiger partial charge >= 0.3 is 0 Å². The molecule has 0 amide bonds. The van der Waals surface area contributed by atoms with Gasteiger partial charge < -0.3 is 8.83 Å². The molecule has 0 saturated heterocycles. The highest BCUT2D eigenvalue weighted by Gasteiger charge is 2.25. The average Bonchev–Trinajstić information content (AvgIpc) is 3.73. The number of aryl methyl sites for hydroxylation is 1. The van der Waals surface area contributed by atoms with E-state index in [0.29, 0.717) is 5.82 Å². The molecule has 9 rings (SSSR count). The highest BCUT2D eigenvalue weighted by atomic mass is 16.3. The number of nitrogens with zero attached hydrogens (tertiary/aromatic N) is 2. The molecule has 0 N–H and O–H groups in total. The fourth-order valence-electron chi connectivity index (χ4n) is 6.92. The molecule has 0 aliphatic heterocycles. The van der Waals surface area contributed by atoms with Gasteiger partial charge in [-0.05, 0) is 65.1 Å². The van der Waals surface area contributed by atoms with E-state index >= 15 is 0 Å². The summed E-state index contributed by atoms with van der Waals surface area (Å²) in [6, 6.07) is 41.6. The van der Waals surface area contributed by atoms with Crippen LogP contribution in [0.1, 0.15) is 29.1 Å². The number of rotatable bonds is 6. The van der Waals surface area contributed by atoms with Crippen molar-refractivity contribution in [1.29, 1.82) is 0 Å². The molecule has 0 radical (unpaired) electrons. The van der Waals surface area contributed by atoms with E-state index in [2.05, 4.69) is 98.1 Å². The summed E-state index contributed by atoms with van der Waals surface area (Å²) in [6.07, 6.45) is 5.76. The summed E-state index contributed by atoms with van der Waals surface area (Å²) in [5, 5.41) is 3.15. The summed E-state index contributed by atoms with van der Waals surface area (Å²) >= 11 is 0. The summed E-state index contributed by atoms with van der Waals surface area (Å²) in [5.41, 5.74) is 12.5. The van der Waals surface area contributed by atoms with Crippen molar-refractivity contribution in [3.63, 3.8) is 0 Å². The third kappa shape index (κ3) is 4.61. The Labute approximate surface area is 278 Å². The molecule has 228 valence electrons. The molecule has 3 heterocycles. The zero-order valence-corrected chi connectivity index (χ0v) is 26.2. The third-order valence-electron chi connectivity index (χ3n) is 9.28. The number of furan rings is 2. The molecule has 0 bridgehead atoms. The van der Waals surface area contributed by atoms with E-state index in [1.54, 1.807) is 6.08 Å². The summed E-state index contributed by atoms with van der Waals surface area (Å²) in [7, 11) is 0. The second-order valence-electron chi connectivity index (χ2n) is 12.2. The first-order chi connectivity index (χ1) is 23.6. The Bertz CT molecular complexity index is 2600. The van der Waals surface area contributed by atoms with Crippen molar-refractivity contribution in [3.05, 3.63) is 169 Å². The SMILES string of the molecule is C=CC(=C)c1cccc(-c2ccc3oc4cccc(-c5cc(-c6ccccc6)nc(C6=CCCc7oc8ccccc8c76)n5)c4c3c2)c1. The van der Waals surface area contributed by atoms with Gasteiger partial charge in [-0.15, -0.1) is 0 Å². The topological polar surface area (TPSA) is 52.1 Å². The van der Waals surface area contributed by atoms with Gasteiger partial charge in [0.2, 0.25) is 0 Å². The minimum Gasteiger partial charge on any atom is -0.460 e. The minimum atomic E-state index is 0.684. The molecule has 1 aliphatic rings. The minimum absolute atomic E-state index is 0.684. The molecule has 0 atom stereocenters. The maximum atomic E-state index is 6.44. The number of aromatic nitrogens is 2. The van der Waals surface area contributed by atoms with Crippen LogP contribution in [0, 0.1) is 0 Å². The maximum Gasteiger partial charge on any atom is 0.160 e. The van der Waals surface area contributed by atoms with E-state index in [-0.39, 0.29) is 0 Å². The van der Waals surface area contributed by atoms with E-state index in [9.17, 15) is 0 Å². The number of fused-ring (bicyclic) bond motifs is 6. The van der Waals surface area contributed by atoms with Gasteiger partial charge in [0.25, 0.3) is 0 Å². The summed E-state index contributed by atoms with van der Waals surface area (Å²) < 4.78 is 12.8. The fraction of sp³-hybridized carbons (Fsp3) is 0.0455. The zero-order chi connectivity index (χ0) is 32.2. The first-order valence-corrected chi connectivity index (χ1v) is 16.2. The number of allylic oxidation sites excluding steroid dienone is 3. The third-order valence-corrected chi connectivity index (χ3v) is 9.28. The Morgan fingerprint density at radius 1 is 0.646 bits per heavy atom. The Balaban J connectivity index is 1.26. The van der Waals surface area contributed by atoms with E-state index in [0.717, 1.165) is 107 Å². The van der Waals surface area contributed by atoms with Crippen molar-refractivity contribution in [2.75, 3.05) is 0 Å². The Kier molecular flexibility index (Phi) is 6.54. The van der Waals surface area contributed by atoms with Gasteiger partial charge in [-0.1, -0.05) is 110 Å². The van der Waals surface area contributed by atoms with Crippen molar-refractivity contribution in [3.8, 4) is 33.6 Å². The van der Waals surface area contributed by atoms with Crippen molar-refractivity contribution in [2.45, 2.75) is 12.8 Å². The van der Waals surface area contributed by atoms with E-state index in [1.807, 2.05) is 42.5 Å². The van der Waals surface area contributed by atoms with Crippen LogP contribution >= 0.6 is 0 Å². The van der Waals surface area contributed by atoms with E-state index in [1.165, 1.54) is 0 Å². The van der Waals surface area contributed by atoms with Crippen LogP contribution in [0.3, 0.4) is 0 Å². The summed E-state index contributed by atoms with van der Waals surface area (Å²) in [5.74, 6) is 1.67. The quantitative estimate of drug-likeness (QED) is 0.174. The highest BCUT2D eigenvalue weighted by Crippen LogP contribution is 2.42. The molecule has 3 aromatic heterocycles. The first-order valence-electron chi connectivity index (χ1n) is 16.2. The normalized spacial score (nSPS) is 12.7. The second kappa shape index (κ2) is 11.2. The van der Waals surface area contributed by atoms with Crippen LogP contribution < -0.4 is 0 Å². The number of para-hydroxylation sites is 1. The molecule has 8 aromatic rings. The van der Waals surface area contributed by atoms with E-state index in [4.69, 9.17) is 18.8 Å². The van der Waals surface area contributed by atoms with Gasteiger partial charge in [0.15, 0.2) is 5.82 Å². The molecule has 4 nitrogen and oxygen atoms in total. The Morgan fingerprint density at radius 2 is 1.40 bits per heavy atom. The molecular formula is C44H30N2O2. The van der Waals surface area contributed by atoms with Crippen molar-refractivity contribution in [1.82, 2.24) is 9.97 Å². The predicted molar refractivity (Wildman–Crippen MR) is 196 cm³/mol. The van der Waals surface area contributed by atoms with Gasteiger partial charge in [-0.2, -0.15) is 0 Å². The lowest BCUT2D eigenvalue weighted by Crippen LogP contribution is -2.04. The largest absolute Gasteiger partial charge is 0.460 e. The van der Waals surface area contributed by atoms with Gasteiger partial charge in [-0.25, -0.2) is 9.97 Å². The smallest absolute Gasteiger partial charge is 0.160 e. The lowest BCUT2D eigenvalue weighted by atomic mass is 9.93. The van der Waals surface area contributed by atoms with Crippen LogP contribution in [0.25, 0.3) is 77.7 Å². The second-order valence-corrected chi connectivity index (χ2v) is 12.2. The molecule has 4 heteroatoms. The van der Waals surface area contributed by atoms with Crippen LogP contribution in [0.15, 0.2) is 155 Å². The lowest BCUT2D eigenvalue weighted by molar-refractivity contribution is 0.545. The zero-order valence-electron chi connectivity index (χ0n) is 26.2. The monoisotopic (exact) mass is 618 g/mol. The fourth-order valence-corrected chi connectivity index (χ4v) is 6.92. The van der Waals surface area contributed by atoms with Crippen LogP contribution in [0.4, 0.5) is 0 Å². The van der Waals surface area contributed by atoms with Crippen LogP contribution in [0.5, 0.6) is 0 Å². The van der Waals surface area contributed by atoms with Crippen molar-refractivity contribution >= 4 is 44.1 Å². The molecule has 5 aromatic carbocycles. The van der Waals surface area contributed by atoms with E-state index < -0.39 is 0 Å².